The van der Waals surface area contributed by atoms with Crippen molar-refractivity contribution in [2.75, 3.05) is 0 Å². The first kappa shape index (κ1) is 36.8. The molecule has 0 N–H and O–H groups in total. The molecule has 0 bridgehead atoms. The van der Waals surface area contributed by atoms with Gasteiger partial charge in [-0.15, -0.1) is 16.4 Å². The highest BCUT2D eigenvalue weighted by Gasteiger charge is 2.25. The Hall–Kier alpha value is -7.31. The third-order valence-electron chi connectivity index (χ3n) is 13.0. The number of nitrogens with zero attached hydrogens (tertiary/aromatic N) is 5. The van der Waals surface area contributed by atoms with Gasteiger partial charge in [0.25, 0.3) is 0 Å². The van der Waals surface area contributed by atoms with Crippen LogP contribution in [0.5, 0.6) is 0 Å². The molecule has 3 heterocycles. The Labute approximate surface area is 359 Å². The van der Waals surface area contributed by atoms with Gasteiger partial charge in [-0.25, -0.2) is 4.98 Å². The van der Waals surface area contributed by atoms with E-state index in [-0.39, 0.29) is 0 Å². The van der Waals surface area contributed by atoms with Gasteiger partial charge in [-0.05, 0) is 34.9 Å². The van der Waals surface area contributed by atoms with Crippen molar-refractivity contribution < 1.29 is 0 Å². The molecule has 0 aliphatic carbocycles. The number of fused-ring (bicyclic) bond motifs is 7. The number of rotatable bonds is 6. The van der Waals surface area contributed by atoms with E-state index in [1.54, 1.807) is 0 Å². The van der Waals surface area contributed by atoms with Crippen molar-refractivity contribution >= 4 is 110 Å². The predicted molar refractivity (Wildman–Crippen MR) is 271 cm³/mol. The fourth-order valence-electron chi connectivity index (χ4n) is 9.47. The van der Waals surface area contributed by atoms with Gasteiger partial charge in [-0.3, -0.25) is 4.57 Å². The fraction of sp³-hybridized carbons (Fsp3) is 0. The number of hydrogen-bond acceptors (Lipinski definition) is 3. The summed E-state index contributed by atoms with van der Waals surface area (Å²) < 4.78 is 4.75. The second-order valence-electron chi connectivity index (χ2n) is 16.2. The zero-order valence-electron chi connectivity index (χ0n) is 34.9. The Morgan fingerprint density at radius 2 is 0.787 bits per heavy atom. The molecule has 61 heavy (non-hydrogen) atoms. The second-order valence-corrected chi connectivity index (χ2v) is 16.2. The van der Waals surface area contributed by atoms with Crippen molar-refractivity contribution in [1.82, 2.24) is 24.1 Å². The van der Waals surface area contributed by atoms with E-state index >= 15 is 0 Å². The molecule has 0 saturated carbocycles. The highest BCUT2D eigenvalue weighted by atomic mass is 15.2. The lowest BCUT2D eigenvalue weighted by Gasteiger charge is -2.20. The van der Waals surface area contributed by atoms with E-state index in [2.05, 4.69) is 212 Å². The normalized spacial score (nSPS) is 11.6. The summed E-state index contributed by atoms with van der Waals surface area (Å²) >= 11 is 0. The standard InChI is InChI=1S/C51H38B5N5/c52-42-41(43(53)45(55)46(56)44(42)54)50-57-49(32-25-23-30(24-26-32)29-13-3-1-4-14-29)58-51(59-50)61-40-22-12-9-19-35(40)37-28-27-36-34-18-8-11-21-39(34)60(47(36)48(37)61)38-20-10-7-17-33(38)31-15-5-2-6-16-31/h1-28H,52-56H2. The largest absolute Gasteiger partial charge is 0.307 e. The average Bonchev–Trinajstić information content (AvgIpc) is 3.84. The molecular weight excluding hydrogens is 737 g/mol. The molecule has 0 radical (unpaired) electrons. The molecule has 0 amide bonds. The summed E-state index contributed by atoms with van der Waals surface area (Å²) in [7, 11) is 11.0. The van der Waals surface area contributed by atoms with Crippen molar-refractivity contribution in [3.05, 3.63) is 170 Å². The van der Waals surface area contributed by atoms with E-state index in [0.29, 0.717) is 17.6 Å². The SMILES string of the molecule is Bc1c(B)c(B)c(-c2nc(-c3ccc(-c4ccccc4)cc3)nc(-n3c4ccccc4c4ccc5c6ccccc6n(-c6ccccc6-c6ccccc6)c5c43)n2)c(B)c1B. The van der Waals surface area contributed by atoms with Crippen LogP contribution in [0.15, 0.2) is 170 Å². The van der Waals surface area contributed by atoms with Crippen LogP contribution in [0.1, 0.15) is 0 Å². The Balaban J connectivity index is 1.27. The van der Waals surface area contributed by atoms with Crippen LogP contribution in [0.25, 0.3) is 100 Å². The molecule has 8 aromatic carbocycles. The Morgan fingerprint density at radius 1 is 0.328 bits per heavy atom. The van der Waals surface area contributed by atoms with E-state index in [1.807, 2.05) is 6.07 Å². The predicted octanol–water partition coefficient (Wildman–Crippen LogP) is 4.03. The molecule has 11 rings (SSSR count). The summed E-state index contributed by atoms with van der Waals surface area (Å²) in [5.41, 5.74) is 18.2. The van der Waals surface area contributed by atoms with E-state index < -0.39 is 0 Å². The van der Waals surface area contributed by atoms with Crippen LogP contribution in [-0.4, -0.2) is 63.3 Å². The minimum atomic E-state index is 0.577. The molecule has 0 saturated heterocycles. The molecule has 0 aliphatic rings. The van der Waals surface area contributed by atoms with Crippen LogP contribution in [0.2, 0.25) is 0 Å². The summed E-state index contributed by atoms with van der Waals surface area (Å²) in [5, 5.41) is 4.62. The maximum absolute atomic E-state index is 5.53. The lowest BCUT2D eigenvalue weighted by Crippen LogP contribution is -2.55. The van der Waals surface area contributed by atoms with Gasteiger partial charge < -0.3 is 4.57 Å². The third kappa shape index (κ3) is 5.81. The summed E-state index contributed by atoms with van der Waals surface area (Å²) in [6.45, 7) is 0. The quantitative estimate of drug-likeness (QED) is 0.240. The lowest BCUT2D eigenvalue weighted by molar-refractivity contribution is 0.955. The zero-order chi connectivity index (χ0) is 41.4. The first-order chi connectivity index (χ1) is 29.9. The van der Waals surface area contributed by atoms with Crippen molar-refractivity contribution in [3.63, 3.8) is 0 Å². The van der Waals surface area contributed by atoms with Gasteiger partial charge >= 0.3 is 0 Å². The van der Waals surface area contributed by atoms with E-state index in [1.165, 1.54) is 38.3 Å². The van der Waals surface area contributed by atoms with Crippen LogP contribution in [0.3, 0.4) is 0 Å². The molecule has 0 fully saturated rings. The van der Waals surface area contributed by atoms with Crippen molar-refractivity contribution in [2.24, 2.45) is 0 Å². The van der Waals surface area contributed by atoms with Gasteiger partial charge in [0, 0.05) is 38.2 Å². The maximum Gasteiger partial charge on any atom is 0.238 e. The van der Waals surface area contributed by atoms with Gasteiger partial charge in [0.15, 0.2) is 11.6 Å². The smallest absolute Gasteiger partial charge is 0.238 e. The minimum Gasteiger partial charge on any atom is -0.307 e. The fourth-order valence-corrected chi connectivity index (χ4v) is 9.47. The van der Waals surface area contributed by atoms with Crippen molar-refractivity contribution in [3.8, 4) is 56.7 Å². The molecule has 282 valence electrons. The van der Waals surface area contributed by atoms with Crippen LogP contribution < -0.4 is 27.3 Å². The number of para-hydroxylation sites is 3. The van der Waals surface area contributed by atoms with Gasteiger partial charge in [-0.2, -0.15) is 9.97 Å². The zero-order valence-corrected chi connectivity index (χ0v) is 34.9. The van der Waals surface area contributed by atoms with Crippen LogP contribution >= 0.6 is 0 Å². The van der Waals surface area contributed by atoms with E-state index in [9.17, 15) is 0 Å². The highest BCUT2D eigenvalue weighted by molar-refractivity contribution is 6.68. The molecule has 0 aliphatic heterocycles. The molecule has 0 atom stereocenters. The Bertz CT molecular complexity index is 3500. The first-order valence-corrected chi connectivity index (χ1v) is 21.0. The molecular formula is C51H38B5N5. The summed E-state index contributed by atoms with van der Waals surface area (Å²) in [4.78, 5) is 16.3. The molecule has 11 aromatic rings. The summed E-state index contributed by atoms with van der Waals surface area (Å²) in [5.74, 6) is 1.87. The maximum atomic E-state index is 5.53. The third-order valence-corrected chi connectivity index (χ3v) is 13.0. The van der Waals surface area contributed by atoms with Crippen molar-refractivity contribution in [1.29, 1.82) is 0 Å². The summed E-state index contributed by atoms with van der Waals surface area (Å²) in [6.07, 6.45) is 0. The van der Waals surface area contributed by atoms with Crippen LogP contribution in [0.4, 0.5) is 0 Å². The number of benzene rings is 8. The number of aromatic nitrogens is 5. The van der Waals surface area contributed by atoms with Gasteiger partial charge in [0.2, 0.25) is 5.95 Å². The number of hydrogen-bond donors (Lipinski definition) is 0. The van der Waals surface area contributed by atoms with Gasteiger partial charge in [-0.1, -0.05) is 163 Å². The molecule has 5 nitrogen and oxygen atoms in total. The molecule has 0 unspecified atom stereocenters. The Morgan fingerprint density at radius 3 is 1.43 bits per heavy atom. The molecule has 3 aromatic heterocycles. The van der Waals surface area contributed by atoms with Gasteiger partial charge in [0.05, 0.1) is 27.8 Å². The summed E-state index contributed by atoms with van der Waals surface area (Å²) in [6, 6.07) is 60.5. The average molecular weight is 775 g/mol. The molecule has 10 heteroatoms. The second kappa shape index (κ2) is 14.5. The van der Waals surface area contributed by atoms with Gasteiger partial charge in [0.1, 0.15) is 39.2 Å². The van der Waals surface area contributed by atoms with Crippen molar-refractivity contribution in [2.45, 2.75) is 0 Å². The first-order valence-electron chi connectivity index (χ1n) is 21.0. The molecule has 0 spiro atoms. The lowest BCUT2D eigenvalue weighted by atomic mass is 9.60. The van der Waals surface area contributed by atoms with Crippen LogP contribution in [0, 0.1) is 0 Å². The van der Waals surface area contributed by atoms with E-state index in [0.717, 1.165) is 71.7 Å². The van der Waals surface area contributed by atoms with E-state index in [4.69, 9.17) is 15.0 Å². The van der Waals surface area contributed by atoms with Crippen LogP contribution in [-0.2, 0) is 0 Å². The Kier molecular flexibility index (Phi) is 8.71. The topological polar surface area (TPSA) is 48.5 Å². The highest BCUT2D eigenvalue weighted by Crippen LogP contribution is 2.43. The minimum absolute atomic E-state index is 0.577. The monoisotopic (exact) mass is 775 g/mol.